The molecule has 0 fully saturated rings. The van der Waals surface area contributed by atoms with E-state index in [-0.39, 0.29) is 0 Å². The third-order valence-electron chi connectivity index (χ3n) is 4.33. The fraction of sp³-hybridized carbons (Fsp3) is 0.100. The number of rotatable bonds is 3. The summed E-state index contributed by atoms with van der Waals surface area (Å²) in [4.78, 5) is 13.9. The fourth-order valence-corrected chi connectivity index (χ4v) is 4.08. The molecule has 5 aromatic rings. The summed E-state index contributed by atoms with van der Waals surface area (Å²) in [5, 5.41) is 7.55. The first-order valence-corrected chi connectivity index (χ1v) is 9.36. The molecular formula is C20H15N5S. The topological polar surface area (TPSA) is 56.0 Å². The van der Waals surface area contributed by atoms with Crippen LogP contribution < -0.4 is 0 Å². The van der Waals surface area contributed by atoms with Crippen molar-refractivity contribution in [3.05, 3.63) is 72.2 Å². The normalized spacial score (nSPS) is 11.6. The van der Waals surface area contributed by atoms with Gasteiger partial charge in [-0.2, -0.15) is 4.52 Å². The predicted molar refractivity (Wildman–Crippen MR) is 104 cm³/mol. The van der Waals surface area contributed by atoms with Crippen LogP contribution in [0, 0.1) is 6.92 Å². The van der Waals surface area contributed by atoms with E-state index >= 15 is 0 Å². The molecule has 0 N–H and O–H groups in total. The Morgan fingerprint density at radius 3 is 2.81 bits per heavy atom. The Morgan fingerprint density at radius 2 is 1.85 bits per heavy atom. The first kappa shape index (κ1) is 15.3. The van der Waals surface area contributed by atoms with Crippen LogP contribution in [0.1, 0.15) is 11.4 Å². The van der Waals surface area contributed by atoms with E-state index in [1.54, 1.807) is 11.8 Å². The molecule has 0 atom stereocenters. The van der Waals surface area contributed by atoms with Crippen LogP contribution in [0.5, 0.6) is 0 Å². The van der Waals surface area contributed by atoms with Crippen LogP contribution in [-0.2, 0) is 5.75 Å². The molecule has 0 saturated carbocycles. The lowest BCUT2D eigenvalue weighted by atomic mass is 10.1. The third kappa shape index (κ3) is 2.50. The van der Waals surface area contributed by atoms with Gasteiger partial charge in [0.05, 0.1) is 11.0 Å². The minimum absolute atomic E-state index is 0.747. The van der Waals surface area contributed by atoms with Gasteiger partial charge in [0.2, 0.25) is 0 Å². The van der Waals surface area contributed by atoms with Crippen LogP contribution >= 0.6 is 11.8 Å². The average molecular weight is 357 g/mol. The summed E-state index contributed by atoms with van der Waals surface area (Å²) in [6.07, 6.45) is 1.84. The first-order valence-electron chi connectivity index (χ1n) is 8.37. The zero-order valence-corrected chi connectivity index (χ0v) is 14.9. The molecule has 5 nitrogen and oxygen atoms in total. The minimum atomic E-state index is 0.747. The number of thioether (sulfide) groups is 1. The number of para-hydroxylation sites is 2. The van der Waals surface area contributed by atoms with Crippen LogP contribution in [-0.4, -0.2) is 24.6 Å². The Hall–Kier alpha value is -2.99. The molecule has 5 rings (SSSR count). The van der Waals surface area contributed by atoms with E-state index in [1.807, 2.05) is 48.0 Å². The summed E-state index contributed by atoms with van der Waals surface area (Å²) in [7, 11) is 0. The molecule has 0 radical (unpaired) electrons. The number of benzene rings is 2. The number of aromatic nitrogens is 5. The molecule has 0 bridgehead atoms. The summed E-state index contributed by atoms with van der Waals surface area (Å²) in [6, 6.07) is 18.4. The number of nitrogens with zero attached hydrogens (tertiary/aromatic N) is 5. The van der Waals surface area contributed by atoms with Gasteiger partial charge in [0.15, 0.2) is 10.8 Å². The molecule has 6 heteroatoms. The van der Waals surface area contributed by atoms with Crippen molar-refractivity contribution < 1.29 is 0 Å². The molecule has 0 unspecified atom stereocenters. The van der Waals surface area contributed by atoms with E-state index in [4.69, 9.17) is 4.98 Å². The summed E-state index contributed by atoms with van der Waals surface area (Å²) in [5.41, 5.74) is 4.01. The third-order valence-corrected chi connectivity index (χ3v) is 5.31. The van der Waals surface area contributed by atoms with Crippen LogP contribution in [0.2, 0.25) is 0 Å². The lowest BCUT2D eigenvalue weighted by Gasteiger charge is -2.08. The Kier molecular flexibility index (Phi) is 3.57. The fourth-order valence-electron chi connectivity index (χ4n) is 3.15. The van der Waals surface area contributed by atoms with Gasteiger partial charge >= 0.3 is 0 Å². The van der Waals surface area contributed by atoms with Gasteiger partial charge in [-0.25, -0.2) is 9.97 Å². The number of hydrogen-bond acceptors (Lipinski definition) is 5. The van der Waals surface area contributed by atoms with Gasteiger partial charge < -0.3 is 0 Å². The second-order valence-electron chi connectivity index (χ2n) is 6.09. The van der Waals surface area contributed by atoms with Crippen molar-refractivity contribution in [1.29, 1.82) is 0 Å². The van der Waals surface area contributed by atoms with Gasteiger partial charge in [-0.1, -0.05) is 48.2 Å². The van der Waals surface area contributed by atoms with Gasteiger partial charge in [-0.3, -0.25) is 4.98 Å². The molecule has 3 heterocycles. The molecule has 0 aliphatic carbocycles. The smallest absolute Gasteiger partial charge is 0.191 e. The van der Waals surface area contributed by atoms with E-state index in [1.165, 1.54) is 5.56 Å². The highest BCUT2D eigenvalue weighted by Crippen LogP contribution is 2.28. The molecule has 0 aliphatic heterocycles. The Bertz CT molecular complexity index is 1260. The maximum absolute atomic E-state index is 4.81. The van der Waals surface area contributed by atoms with Gasteiger partial charge in [0.1, 0.15) is 5.82 Å². The average Bonchev–Trinajstić information content (AvgIpc) is 3.08. The van der Waals surface area contributed by atoms with Crippen molar-refractivity contribution in [3.8, 4) is 0 Å². The quantitative estimate of drug-likeness (QED) is 0.353. The Morgan fingerprint density at radius 1 is 0.962 bits per heavy atom. The lowest BCUT2D eigenvalue weighted by molar-refractivity contribution is 0.797. The van der Waals surface area contributed by atoms with Crippen molar-refractivity contribution in [3.63, 3.8) is 0 Å². The number of fused-ring (bicyclic) bond motifs is 4. The minimum Gasteiger partial charge on any atom is -0.256 e. The second kappa shape index (κ2) is 6.07. The monoisotopic (exact) mass is 357 g/mol. The summed E-state index contributed by atoms with van der Waals surface area (Å²) in [5.74, 6) is 1.52. The van der Waals surface area contributed by atoms with Gasteiger partial charge in [-0.05, 0) is 30.7 Å². The maximum atomic E-state index is 4.81. The summed E-state index contributed by atoms with van der Waals surface area (Å²) >= 11 is 1.66. The highest BCUT2D eigenvalue weighted by Gasteiger charge is 2.13. The Labute approximate surface area is 154 Å². The zero-order valence-electron chi connectivity index (χ0n) is 14.1. The van der Waals surface area contributed by atoms with Crippen molar-refractivity contribution in [1.82, 2.24) is 24.6 Å². The summed E-state index contributed by atoms with van der Waals surface area (Å²) < 4.78 is 1.85. The first-order chi connectivity index (χ1) is 12.8. The molecule has 2 aromatic carbocycles. The SMILES string of the molecule is Cc1nc2c3ccccc3nc(SCc3cccc4cccnc34)n2n1. The van der Waals surface area contributed by atoms with Gasteiger partial charge in [0, 0.05) is 22.7 Å². The molecular weight excluding hydrogens is 342 g/mol. The Balaban J connectivity index is 1.60. The van der Waals surface area contributed by atoms with E-state index in [0.717, 1.165) is 44.2 Å². The standard InChI is InChI=1S/C20H15N5S/c1-13-22-19-16-9-2-3-10-17(16)23-20(25(19)24-13)26-12-15-7-4-6-14-8-5-11-21-18(14)15/h2-11H,12H2,1H3. The van der Waals surface area contributed by atoms with Crippen molar-refractivity contribution in [2.75, 3.05) is 0 Å². The largest absolute Gasteiger partial charge is 0.256 e. The highest BCUT2D eigenvalue weighted by molar-refractivity contribution is 7.98. The lowest BCUT2D eigenvalue weighted by Crippen LogP contribution is -1.99. The van der Waals surface area contributed by atoms with Crippen molar-refractivity contribution in [2.45, 2.75) is 17.8 Å². The molecule has 0 amide bonds. The van der Waals surface area contributed by atoms with Crippen molar-refractivity contribution in [2.24, 2.45) is 0 Å². The van der Waals surface area contributed by atoms with E-state index in [9.17, 15) is 0 Å². The molecule has 0 saturated heterocycles. The van der Waals surface area contributed by atoms with Crippen LogP contribution in [0.4, 0.5) is 0 Å². The maximum Gasteiger partial charge on any atom is 0.191 e. The molecule has 0 spiro atoms. The second-order valence-corrected chi connectivity index (χ2v) is 7.03. The predicted octanol–water partition coefficient (Wildman–Crippen LogP) is 4.43. The molecule has 26 heavy (non-hydrogen) atoms. The van der Waals surface area contributed by atoms with Crippen LogP contribution in [0.15, 0.2) is 66.0 Å². The zero-order chi connectivity index (χ0) is 17.5. The van der Waals surface area contributed by atoms with Crippen LogP contribution in [0.25, 0.3) is 27.5 Å². The summed E-state index contributed by atoms with van der Waals surface area (Å²) in [6.45, 7) is 1.91. The number of pyridine rings is 1. The van der Waals surface area contributed by atoms with E-state index in [0.29, 0.717) is 0 Å². The molecule has 3 aromatic heterocycles. The number of hydrogen-bond donors (Lipinski definition) is 0. The number of aryl methyl sites for hydroxylation is 1. The van der Waals surface area contributed by atoms with Gasteiger partial charge in [0.25, 0.3) is 0 Å². The van der Waals surface area contributed by atoms with Crippen molar-refractivity contribution >= 4 is 39.2 Å². The molecule has 126 valence electrons. The van der Waals surface area contributed by atoms with Gasteiger partial charge in [-0.15, -0.1) is 5.10 Å². The van der Waals surface area contributed by atoms with E-state index < -0.39 is 0 Å². The highest BCUT2D eigenvalue weighted by atomic mass is 32.2. The van der Waals surface area contributed by atoms with E-state index in [2.05, 4.69) is 39.3 Å². The molecule has 0 aliphatic rings. The van der Waals surface area contributed by atoms with Crippen LogP contribution in [0.3, 0.4) is 0 Å².